The van der Waals surface area contributed by atoms with Crippen molar-refractivity contribution in [2.75, 3.05) is 19.6 Å². The molecule has 172 valence electrons. The molecule has 2 aromatic rings. The van der Waals surface area contributed by atoms with Crippen LogP contribution in [-0.2, 0) is 15.1 Å². The number of hydrogen-bond acceptors (Lipinski definition) is 4. The van der Waals surface area contributed by atoms with Gasteiger partial charge in [0.25, 0.3) is 11.8 Å². The minimum absolute atomic E-state index is 0.0553. The molecule has 9 heteroatoms. The highest BCUT2D eigenvalue weighted by atomic mass is 19.1. The number of urea groups is 1. The predicted octanol–water partition coefficient (Wildman–Crippen LogP) is 2.01. The molecule has 2 N–H and O–H groups in total. The van der Waals surface area contributed by atoms with Crippen LogP contribution in [0.25, 0.3) is 0 Å². The average molecular weight is 452 g/mol. The predicted molar refractivity (Wildman–Crippen MR) is 118 cm³/mol. The topological polar surface area (TPSA) is 98.8 Å². The zero-order valence-electron chi connectivity index (χ0n) is 18.2. The molecule has 0 spiro atoms. The van der Waals surface area contributed by atoms with Crippen LogP contribution in [0.4, 0.5) is 9.18 Å². The number of hydrogen-bond donors (Lipinski definition) is 2. The molecule has 4 rings (SSSR count). The van der Waals surface area contributed by atoms with E-state index in [2.05, 4.69) is 10.6 Å². The molecule has 33 heavy (non-hydrogen) atoms. The van der Waals surface area contributed by atoms with E-state index < -0.39 is 23.3 Å². The summed E-state index contributed by atoms with van der Waals surface area (Å²) >= 11 is 0. The van der Waals surface area contributed by atoms with Gasteiger partial charge in [-0.3, -0.25) is 19.3 Å². The van der Waals surface area contributed by atoms with Crippen LogP contribution in [0.1, 0.15) is 35.7 Å². The van der Waals surface area contributed by atoms with E-state index in [9.17, 15) is 23.6 Å². The Labute approximate surface area is 190 Å². The number of imide groups is 1. The quantitative estimate of drug-likeness (QED) is 0.678. The minimum Gasteiger partial charge on any atom is -0.349 e. The van der Waals surface area contributed by atoms with Gasteiger partial charge in [-0.2, -0.15) is 0 Å². The Morgan fingerprint density at radius 2 is 1.70 bits per heavy atom. The minimum atomic E-state index is -1.36. The second-order valence-electron chi connectivity index (χ2n) is 8.45. The number of nitrogens with one attached hydrogen (secondary N) is 2. The first kappa shape index (κ1) is 22.4. The molecular formula is C24H25FN4O4. The number of likely N-dealkylation sites (tertiary alicyclic amines) is 1. The number of benzene rings is 2. The summed E-state index contributed by atoms with van der Waals surface area (Å²) in [6, 6.07) is 13.5. The summed E-state index contributed by atoms with van der Waals surface area (Å²) < 4.78 is 13.3. The van der Waals surface area contributed by atoms with Gasteiger partial charge in [0.1, 0.15) is 17.9 Å². The SMILES string of the molecule is CC1(c2ccc(F)cc2)NC(=O)N(CC(=O)N2CCC(NC(=O)c3ccccc3)CC2)C1=O. The lowest BCUT2D eigenvalue weighted by Crippen LogP contribution is -2.50. The van der Waals surface area contributed by atoms with E-state index in [0.717, 1.165) is 4.90 Å². The van der Waals surface area contributed by atoms with Crippen LogP contribution in [0.2, 0.25) is 0 Å². The highest BCUT2D eigenvalue weighted by molar-refractivity contribution is 6.09. The Bertz CT molecular complexity index is 1070. The fourth-order valence-electron chi connectivity index (χ4n) is 4.19. The van der Waals surface area contributed by atoms with E-state index in [0.29, 0.717) is 37.1 Å². The molecule has 2 aliphatic heterocycles. The first-order valence-electron chi connectivity index (χ1n) is 10.8. The maximum Gasteiger partial charge on any atom is 0.325 e. The molecule has 0 saturated carbocycles. The highest BCUT2D eigenvalue weighted by Gasteiger charge is 2.49. The Morgan fingerprint density at radius 3 is 2.33 bits per heavy atom. The van der Waals surface area contributed by atoms with Gasteiger partial charge in [-0.15, -0.1) is 0 Å². The lowest BCUT2D eigenvalue weighted by atomic mass is 9.92. The van der Waals surface area contributed by atoms with E-state index in [4.69, 9.17) is 0 Å². The monoisotopic (exact) mass is 452 g/mol. The van der Waals surface area contributed by atoms with Crippen molar-refractivity contribution in [2.24, 2.45) is 0 Å². The molecule has 2 aliphatic rings. The van der Waals surface area contributed by atoms with E-state index >= 15 is 0 Å². The molecule has 2 saturated heterocycles. The third-order valence-corrected chi connectivity index (χ3v) is 6.21. The Morgan fingerprint density at radius 1 is 1.06 bits per heavy atom. The van der Waals surface area contributed by atoms with Crippen molar-refractivity contribution in [2.45, 2.75) is 31.3 Å². The maximum absolute atomic E-state index is 13.3. The number of carbonyl (C=O) groups excluding carboxylic acids is 4. The molecule has 1 atom stereocenters. The summed E-state index contributed by atoms with van der Waals surface area (Å²) in [5.41, 5.74) is -0.342. The van der Waals surface area contributed by atoms with Gasteiger partial charge in [0.05, 0.1) is 0 Å². The lowest BCUT2D eigenvalue weighted by molar-refractivity contribution is -0.139. The number of nitrogens with zero attached hydrogens (tertiary/aromatic N) is 2. The summed E-state index contributed by atoms with van der Waals surface area (Å²) in [6.45, 7) is 1.99. The van der Waals surface area contributed by atoms with E-state index in [1.807, 2.05) is 6.07 Å². The number of piperidine rings is 1. The van der Waals surface area contributed by atoms with Gasteiger partial charge in [0, 0.05) is 24.7 Å². The Kier molecular flexibility index (Phi) is 6.13. The van der Waals surface area contributed by atoms with Crippen LogP contribution in [-0.4, -0.2) is 59.2 Å². The number of carbonyl (C=O) groups is 4. The zero-order valence-corrected chi connectivity index (χ0v) is 18.2. The number of halogens is 1. The van der Waals surface area contributed by atoms with Crippen LogP contribution >= 0.6 is 0 Å². The molecule has 1 unspecified atom stereocenters. The van der Waals surface area contributed by atoms with E-state index in [-0.39, 0.29) is 24.4 Å². The van der Waals surface area contributed by atoms with Gasteiger partial charge < -0.3 is 15.5 Å². The second-order valence-corrected chi connectivity index (χ2v) is 8.45. The average Bonchev–Trinajstić information content (AvgIpc) is 3.04. The summed E-state index contributed by atoms with van der Waals surface area (Å²) in [5, 5.41) is 5.60. The first-order chi connectivity index (χ1) is 15.8. The summed E-state index contributed by atoms with van der Waals surface area (Å²) in [5.74, 6) is -1.50. The van der Waals surface area contributed by atoms with Gasteiger partial charge in [-0.1, -0.05) is 30.3 Å². The van der Waals surface area contributed by atoms with E-state index in [1.54, 1.807) is 29.2 Å². The molecule has 5 amide bonds. The standard InChI is InChI=1S/C24H25FN4O4/c1-24(17-7-9-18(25)10-8-17)22(32)29(23(33)27-24)15-20(30)28-13-11-19(12-14-28)26-21(31)16-5-3-2-4-6-16/h2-10,19H,11-15H2,1H3,(H,26,31)(H,27,33). The Balaban J connectivity index is 1.32. The van der Waals surface area contributed by atoms with Gasteiger partial charge in [0.15, 0.2) is 0 Å². The van der Waals surface area contributed by atoms with Crippen molar-refractivity contribution in [3.05, 3.63) is 71.5 Å². The number of amides is 5. The van der Waals surface area contributed by atoms with Crippen molar-refractivity contribution < 1.29 is 23.6 Å². The second kappa shape index (κ2) is 9.01. The maximum atomic E-state index is 13.3. The van der Waals surface area contributed by atoms with Gasteiger partial charge in [-0.25, -0.2) is 9.18 Å². The first-order valence-corrected chi connectivity index (χ1v) is 10.8. The van der Waals surface area contributed by atoms with Gasteiger partial charge >= 0.3 is 6.03 Å². The molecule has 8 nitrogen and oxygen atoms in total. The van der Waals surface area contributed by atoms with Gasteiger partial charge in [0.2, 0.25) is 5.91 Å². The molecular weight excluding hydrogens is 427 g/mol. The van der Waals surface area contributed by atoms with Crippen LogP contribution in [0.15, 0.2) is 54.6 Å². The molecule has 0 bridgehead atoms. The third kappa shape index (κ3) is 4.57. The van der Waals surface area contributed by atoms with Crippen molar-refractivity contribution in [3.63, 3.8) is 0 Å². The fourth-order valence-corrected chi connectivity index (χ4v) is 4.19. The smallest absolute Gasteiger partial charge is 0.325 e. The number of rotatable bonds is 5. The molecule has 2 heterocycles. The highest BCUT2D eigenvalue weighted by Crippen LogP contribution is 2.29. The van der Waals surface area contributed by atoms with Crippen LogP contribution < -0.4 is 10.6 Å². The largest absolute Gasteiger partial charge is 0.349 e. The zero-order chi connectivity index (χ0) is 23.6. The lowest BCUT2D eigenvalue weighted by Gasteiger charge is -2.33. The van der Waals surface area contributed by atoms with Crippen LogP contribution in [0.3, 0.4) is 0 Å². The summed E-state index contributed by atoms with van der Waals surface area (Å²) in [6.07, 6.45) is 1.16. The summed E-state index contributed by atoms with van der Waals surface area (Å²) in [4.78, 5) is 53.1. The van der Waals surface area contributed by atoms with Crippen molar-refractivity contribution in [1.82, 2.24) is 20.4 Å². The van der Waals surface area contributed by atoms with Crippen molar-refractivity contribution in [3.8, 4) is 0 Å². The van der Waals surface area contributed by atoms with Crippen LogP contribution in [0, 0.1) is 5.82 Å². The van der Waals surface area contributed by atoms with Crippen molar-refractivity contribution >= 4 is 23.8 Å². The Hall–Kier alpha value is -3.75. The van der Waals surface area contributed by atoms with Gasteiger partial charge in [-0.05, 0) is 49.6 Å². The molecule has 0 radical (unpaired) electrons. The molecule has 2 aromatic carbocycles. The molecule has 2 fully saturated rings. The fraction of sp³-hybridized carbons (Fsp3) is 0.333. The van der Waals surface area contributed by atoms with Crippen molar-refractivity contribution in [1.29, 1.82) is 0 Å². The molecule has 0 aromatic heterocycles. The summed E-state index contributed by atoms with van der Waals surface area (Å²) in [7, 11) is 0. The third-order valence-electron chi connectivity index (χ3n) is 6.21. The molecule has 0 aliphatic carbocycles. The van der Waals surface area contributed by atoms with Crippen LogP contribution in [0.5, 0.6) is 0 Å². The normalized spacial score (nSPS) is 21.2. The van der Waals surface area contributed by atoms with E-state index in [1.165, 1.54) is 31.2 Å².